The summed E-state index contributed by atoms with van der Waals surface area (Å²) in [5.41, 5.74) is 0.124. The van der Waals surface area contributed by atoms with Crippen LogP contribution in [0.15, 0.2) is 24.3 Å². The van der Waals surface area contributed by atoms with Crippen LogP contribution in [-0.4, -0.2) is 25.2 Å². The zero-order valence-corrected chi connectivity index (χ0v) is 12.5. The van der Waals surface area contributed by atoms with E-state index in [9.17, 15) is 14.7 Å². The average Bonchev–Trinajstić information content (AvgIpc) is 2.50. The van der Waals surface area contributed by atoms with Crippen LogP contribution in [-0.2, 0) is 9.53 Å². The van der Waals surface area contributed by atoms with Gasteiger partial charge in [-0.05, 0) is 49.1 Å². The Kier molecular flexibility index (Phi) is 7.29. The van der Waals surface area contributed by atoms with Gasteiger partial charge in [0.2, 0.25) is 0 Å². The van der Waals surface area contributed by atoms with Crippen molar-refractivity contribution in [2.24, 2.45) is 5.92 Å². The standard InChI is InChI=1S/C16H22O5/c1-3-12(2)16(19)21-11-5-4-10-20-14-8-6-13(7-9-14)15(17)18/h6-9,12H,3-5,10-11H2,1-2H3,(H,17,18)/p-1. The van der Waals surface area contributed by atoms with Crippen molar-refractivity contribution >= 4 is 11.9 Å². The second-order valence-corrected chi connectivity index (χ2v) is 4.84. The van der Waals surface area contributed by atoms with E-state index in [0.29, 0.717) is 19.0 Å². The number of carboxylic acid groups (broad SMARTS) is 1. The lowest BCUT2D eigenvalue weighted by Crippen LogP contribution is -2.21. The zero-order valence-electron chi connectivity index (χ0n) is 12.5. The maximum absolute atomic E-state index is 11.4. The average molecular weight is 293 g/mol. The molecule has 0 radical (unpaired) electrons. The molecule has 0 aliphatic rings. The molecule has 1 aromatic rings. The summed E-state index contributed by atoms with van der Waals surface area (Å²) in [6, 6.07) is 6.07. The summed E-state index contributed by atoms with van der Waals surface area (Å²) < 4.78 is 10.6. The number of carbonyl (C=O) groups excluding carboxylic acids is 2. The van der Waals surface area contributed by atoms with Gasteiger partial charge >= 0.3 is 5.97 Å². The number of aromatic carboxylic acids is 1. The van der Waals surface area contributed by atoms with Gasteiger partial charge in [-0.25, -0.2) is 0 Å². The lowest BCUT2D eigenvalue weighted by molar-refractivity contribution is -0.255. The van der Waals surface area contributed by atoms with Crippen molar-refractivity contribution in [3.8, 4) is 5.75 Å². The van der Waals surface area contributed by atoms with Crippen LogP contribution in [0.3, 0.4) is 0 Å². The van der Waals surface area contributed by atoms with Crippen LogP contribution in [0.5, 0.6) is 5.75 Å². The first kappa shape index (κ1) is 17.0. The summed E-state index contributed by atoms with van der Waals surface area (Å²) in [6.45, 7) is 4.69. The number of unbranched alkanes of at least 4 members (excludes halogenated alkanes) is 1. The Morgan fingerprint density at radius 1 is 1.14 bits per heavy atom. The topological polar surface area (TPSA) is 75.7 Å². The molecular formula is C16H21O5-. The fourth-order valence-corrected chi connectivity index (χ4v) is 1.56. The Balaban J connectivity index is 2.14. The molecule has 0 spiro atoms. The molecule has 5 heteroatoms. The molecule has 0 amide bonds. The summed E-state index contributed by atoms with van der Waals surface area (Å²) >= 11 is 0. The minimum atomic E-state index is -1.20. The fraction of sp³-hybridized carbons (Fsp3) is 0.500. The molecule has 0 saturated heterocycles. The number of carboxylic acids is 1. The highest BCUT2D eigenvalue weighted by molar-refractivity contribution is 5.85. The molecule has 5 nitrogen and oxygen atoms in total. The first-order valence-electron chi connectivity index (χ1n) is 7.15. The van der Waals surface area contributed by atoms with Gasteiger partial charge in [0.25, 0.3) is 0 Å². The van der Waals surface area contributed by atoms with Crippen LogP contribution in [0.2, 0.25) is 0 Å². The predicted octanol–water partition coefficient (Wildman–Crippen LogP) is 1.80. The van der Waals surface area contributed by atoms with Crippen LogP contribution >= 0.6 is 0 Å². The first-order chi connectivity index (χ1) is 10.0. The SMILES string of the molecule is CCC(C)C(=O)OCCCCOc1ccc(C(=O)[O-])cc1. The Bertz CT molecular complexity index is 452. The van der Waals surface area contributed by atoms with Gasteiger partial charge < -0.3 is 19.4 Å². The van der Waals surface area contributed by atoms with Gasteiger partial charge in [-0.1, -0.05) is 13.8 Å². The molecule has 0 bridgehead atoms. The van der Waals surface area contributed by atoms with Crippen molar-refractivity contribution in [1.29, 1.82) is 0 Å². The van der Waals surface area contributed by atoms with Gasteiger partial charge in [-0.3, -0.25) is 4.79 Å². The number of hydrogen-bond donors (Lipinski definition) is 0. The Labute approximate surface area is 124 Å². The third kappa shape index (κ3) is 6.29. The van der Waals surface area contributed by atoms with Crippen molar-refractivity contribution in [2.75, 3.05) is 13.2 Å². The maximum Gasteiger partial charge on any atom is 0.308 e. The van der Waals surface area contributed by atoms with Crippen LogP contribution in [0.4, 0.5) is 0 Å². The van der Waals surface area contributed by atoms with Crippen LogP contribution < -0.4 is 9.84 Å². The molecule has 0 N–H and O–H groups in total. The van der Waals surface area contributed by atoms with E-state index in [0.717, 1.165) is 19.3 Å². The lowest BCUT2D eigenvalue weighted by atomic mass is 10.1. The number of esters is 1. The normalized spacial score (nSPS) is 11.7. The third-order valence-electron chi connectivity index (χ3n) is 3.16. The minimum absolute atomic E-state index is 0.0523. The Morgan fingerprint density at radius 2 is 1.76 bits per heavy atom. The fourth-order valence-electron chi connectivity index (χ4n) is 1.56. The number of hydrogen-bond acceptors (Lipinski definition) is 5. The van der Waals surface area contributed by atoms with Crippen molar-refractivity contribution in [3.63, 3.8) is 0 Å². The number of benzene rings is 1. The monoisotopic (exact) mass is 293 g/mol. The summed E-state index contributed by atoms with van der Waals surface area (Å²) in [4.78, 5) is 22.0. The summed E-state index contributed by atoms with van der Waals surface area (Å²) in [7, 11) is 0. The van der Waals surface area contributed by atoms with E-state index in [1.807, 2.05) is 13.8 Å². The molecule has 0 saturated carbocycles. The lowest BCUT2D eigenvalue weighted by Gasteiger charge is -2.10. The van der Waals surface area contributed by atoms with Crippen molar-refractivity contribution in [1.82, 2.24) is 0 Å². The van der Waals surface area contributed by atoms with Gasteiger partial charge in [0, 0.05) is 0 Å². The van der Waals surface area contributed by atoms with Crippen LogP contribution in [0, 0.1) is 5.92 Å². The van der Waals surface area contributed by atoms with E-state index in [1.165, 1.54) is 12.1 Å². The molecule has 0 aliphatic carbocycles. The molecular weight excluding hydrogens is 272 g/mol. The van der Waals surface area contributed by atoms with Crippen LogP contribution in [0.1, 0.15) is 43.5 Å². The van der Waals surface area contributed by atoms with E-state index in [1.54, 1.807) is 12.1 Å². The Hall–Kier alpha value is -2.04. The zero-order chi connectivity index (χ0) is 15.7. The molecule has 0 aromatic heterocycles. The van der Waals surface area contributed by atoms with Crippen molar-refractivity contribution < 1.29 is 24.2 Å². The van der Waals surface area contributed by atoms with E-state index >= 15 is 0 Å². The van der Waals surface area contributed by atoms with Gasteiger partial charge in [0.05, 0.1) is 25.1 Å². The maximum atomic E-state index is 11.4. The highest BCUT2D eigenvalue weighted by atomic mass is 16.5. The molecule has 1 unspecified atom stereocenters. The van der Waals surface area contributed by atoms with Gasteiger partial charge in [0.1, 0.15) is 5.75 Å². The molecule has 116 valence electrons. The van der Waals surface area contributed by atoms with Gasteiger partial charge in [0.15, 0.2) is 0 Å². The van der Waals surface area contributed by atoms with Crippen molar-refractivity contribution in [3.05, 3.63) is 29.8 Å². The van der Waals surface area contributed by atoms with Gasteiger partial charge in [-0.15, -0.1) is 0 Å². The van der Waals surface area contributed by atoms with Gasteiger partial charge in [-0.2, -0.15) is 0 Å². The van der Waals surface area contributed by atoms with Crippen LogP contribution in [0.25, 0.3) is 0 Å². The highest BCUT2D eigenvalue weighted by Crippen LogP contribution is 2.12. The third-order valence-corrected chi connectivity index (χ3v) is 3.16. The van der Waals surface area contributed by atoms with E-state index in [2.05, 4.69) is 0 Å². The molecule has 1 aromatic carbocycles. The first-order valence-corrected chi connectivity index (χ1v) is 7.15. The largest absolute Gasteiger partial charge is 0.545 e. The second-order valence-electron chi connectivity index (χ2n) is 4.84. The quantitative estimate of drug-likeness (QED) is 0.512. The second kappa shape index (κ2) is 9.00. The molecule has 0 heterocycles. The summed E-state index contributed by atoms with van der Waals surface area (Å²) in [6.07, 6.45) is 2.28. The van der Waals surface area contributed by atoms with E-state index < -0.39 is 5.97 Å². The number of ether oxygens (including phenoxy) is 2. The Morgan fingerprint density at radius 3 is 2.33 bits per heavy atom. The molecule has 1 rings (SSSR count). The van der Waals surface area contributed by atoms with E-state index in [4.69, 9.17) is 9.47 Å². The number of carbonyl (C=O) groups is 2. The summed E-state index contributed by atoms with van der Waals surface area (Å²) in [5.74, 6) is -0.805. The predicted molar refractivity (Wildman–Crippen MR) is 75.9 cm³/mol. The van der Waals surface area contributed by atoms with Crippen molar-refractivity contribution in [2.45, 2.75) is 33.1 Å². The molecule has 1 atom stereocenters. The van der Waals surface area contributed by atoms with E-state index in [-0.39, 0.29) is 17.5 Å². The minimum Gasteiger partial charge on any atom is -0.545 e. The number of rotatable bonds is 9. The summed E-state index contributed by atoms with van der Waals surface area (Å²) in [5, 5.41) is 10.6. The molecule has 21 heavy (non-hydrogen) atoms. The highest BCUT2D eigenvalue weighted by Gasteiger charge is 2.10. The molecule has 0 aliphatic heterocycles. The molecule has 0 fully saturated rings. The smallest absolute Gasteiger partial charge is 0.308 e.